The first-order chi connectivity index (χ1) is 9.60. The topological polar surface area (TPSA) is 69.0 Å². The van der Waals surface area contributed by atoms with E-state index in [0.717, 1.165) is 5.82 Å². The Bertz CT molecular complexity index is 612. The van der Waals surface area contributed by atoms with E-state index in [1.165, 1.54) is 0 Å². The molecule has 0 radical (unpaired) electrons. The first-order valence-electron chi connectivity index (χ1n) is 6.16. The molecular weight excluding hydrogens is 280 g/mol. The molecule has 6 nitrogen and oxygen atoms in total. The number of amides is 1. The Labute approximate surface area is 121 Å². The van der Waals surface area contributed by atoms with Crippen molar-refractivity contribution < 1.29 is 9.53 Å². The minimum absolute atomic E-state index is 0.310. The van der Waals surface area contributed by atoms with E-state index in [0.29, 0.717) is 29.6 Å². The van der Waals surface area contributed by atoms with Crippen molar-refractivity contribution in [1.82, 2.24) is 14.5 Å². The van der Waals surface area contributed by atoms with Gasteiger partial charge in [0, 0.05) is 12.4 Å². The molecule has 0 atom stereocenters. The Morgan fingerprint density at radius 3 is 2.90 bits per heavy atom. The fraction of sp³-hybridized carbons (Fsp3) is 0.308. The molecule has 0 saturated carbocycles. The van der Waals surface area contributed by atoms with Gasteiger partial charge in [-0.1, -0.05) is 11.6 Å². The van der Waals surface area contributed by atoms with Gasteiger partial charge in [-0.25, -0.2) is 9.78 Å². The van der Waals surface area contributed by atoms with Gasteiger partial charge < -0.3 is 9.30 Å². The van der Waals surface area contributed by atoms with E-state index >= 15 is 0 Å². The summed E-state index contributed by atoms with van der Waals surface area (Å²) in [6, 6.07) is 1.65. The van der Waals surface area contributed by atoms with Gasteiger partial charge in [0.15, 0.2) is 0 Å². The molecule has 0 unspecified atom stereocenters. The van der Waals surface area contributed by atoms with E-state index in [2.05, 4.69) is 15.3 Å². The van der Waals surface area contributed by atoms with E-state index in [1.807, 2.05) is 17.7 Å². The third kappa shape index (κ3) is 3.48. The lowest BCUT2D eigenvalue weighted by Gasteiger charge is -2.09. The number of nitrogens with one attached hydrogen (secondary N) is 1. The van der Waals surface area contributed by atoms with Crippen LogP contribution in [0.15, 0.2) is 24.7 Å². The van der Waals surface area contributed by atoms with Crippen molar-refractivity contribution in [3.05, 3.63) is 41.2 Å². The normalized spacial score (nSPS) is 10.3. The molecule has 2 aromatic rings. The molecule has 20 heavy (non-hydrogen) atoms. The molecule has 0 fully saturated rings. The van der Waals surface area contributed by atoms with Crippen molar-refractivity contribution in [3.8, 4) is 0 Å². The number of ether oxygens (including phenoxy) is 1. The average Bonchev–Trinajstić information content (AvgIpc) is 2.79. The molecule has 1 amide bonds. The Morgan fingerprint density at radius 2 is 2.30 bits per heavy atom. The maximum absolute atomic E-state index is 11.3. The average molecular weight is 295 g/mol. The summed E-state index contributed by atoms with van der Waals surface area (Å²) in [5.74, 6) is 0.886. The monoisotopic (exact) mass is 294 g/mol. The van der Waals surface area contributed by atoms with Gasteiger partial charge in [-0.3, -0.25) is 10.3 Å². The van der Waals surface area contributed by atoms with Crippen molar-refractivity contribution in [2.45, 2.75) is 20.4 Å². The molecule has 0 spiro atoms. The number of imidazole rings is 1. The molecule has 106 valence electrons. The predicted molar refractivity (Wildman–Crippen MR) is 76.0 cm³/mol. The van der Waals surface area contributed by atoms with E-state index < -0.39 is 6.09 Å². The van der Waals surface area contributed by atoms with Gasteiger partial charge in [-0.05, 0) is 19.9 Å². The zero-order chi connectivity index (χ0) is 14.5. The number of rotatable bonds is 4. The van der Waals surface area contributed by atoms with E-state index in [-0.39, 0.29) is 0 Å². The molecule has 7 heteroatoms. The van der Waals surface area contributed by atoms with Crippen molar-refractivity contribution in [2.75, 3.05) is 11.9 Å². The second-order valence-electron chi connectivity index (χ2n) is 4.10. The number of hydrogen-bond acceptors (Lipinski definition) is 4. The number of pyridine rings is 1. The van der Waals surface area contributed by atoms with Crippen molar-refractivity contribution in [1.29, 1.82) is 0 Å². The minimum atomic E-state index is -0.524. The molecular formula is C13H15ClN4O2. The second-order valence-corrected chi connectivity index (χ2v) is 4.51. The highest BCUT2D eigenvalue weighted by molar-refractivity contribution is 6.31. The molecule has 0 bridgehead atoms. The second kappa shape index (κ2) is 6.38. The van der Waals surface area contributed by atoms with Crippen LogP contribution < -0.4 is 5.32 Å². The quantitative estimate of drug-likeness (QED) is 0.941. The molecule has 2 rings (SSSR count). The molecule has 0 saturated heterocycles. The summed E-state index contributed by atoms with van der Waals surface area (Å²) in [4.78, 5) is 19.7. The number of carbonyl (C=O) groups is 1. The maximum atomic E-state index is 11.3. The van der Waals surface area contributed by atoms with Gasteiger partial charge in [-0.2, -0.15) is 0 Å². The number of aryl methyl sites for hydroxylation is 1. The maximum Gasteiger partial charge on any atom is 0.411 e. The fourth-order valence-electron chi connectivity index (χ4n) is 1.67. The van der Waals surface area contributed by atoms with Gasteiger partial charge in [0.2, 0.25) is 0 Å². The van der Waals surface area contributed by atoms with Gasteiger partial charge in [0.1, 0.15) is 5.82 Å². The first-order valence-corrected chi connectivity index (χ1v) is 6.54. The summed E-state index contributed by atoms with van der Waals surface area (Å²) < 4.78 is 6.72. The summed E-state index contributed by atoms with van der Waals surface area (Å²) in [6.07, 6.45) is 4.60. The lowest BCUT2D eigenvalue weighted by atomic mass is 10.3. The van der Waals surface area contributed by atoms with Crippen LogP contribution in [0.4, 0.5) is 10.5 Å². The third-order valence-corrected chi connectivity index (χ3v) is 3.01. The standard InChI is InChI=1S/C13H15ClN4O2/c1-3-20-13(19)17-10-6-11(14)12(16-7-10)8-18-5-4-15-9(18)2/h4-7H,3,8H2,1-2H3,(H,17,19). The van der Waals surface area contributed by atoms with Crippen LogP contribution in [-0.4, -0.2) is 27.2 Å². The zero-order valence-corrected chi connectivity index (χ0v) is 12.0. The van der Waals surface area contributed by atoms with Crippen molar-refractivity contribution in [3.63, 3.8) is 0 Å². The number of carbonyl (C=O) groups excluding carboxylic acids is 1. The van der Waals surface area contributed by atoms with Crippen LogP contribution in [0, 0.1) is 6.92 Å². The Kier molecular flexibility index (Phi) is 4.57. The van der Waals surface area contributed by atoms with Gasteiger partial charge >= 0.3 is 6.09 Å². The molecule has 0 aromatic carbocycles. The van der Waals surface area contributed by atoms with Crippen LogP contribution in [0.2, 0.25) is 5.02 Å². The lowest BCUT2D eigenvalue weighted by molar-refractivity contribution is 0.168. The molecule has 1 N–H and O–H groups in total. The Morgan fingerprint density at radius 1 is 1.50 bits per heavy atom. The summed E-state index contributed by atoms with van der Waals surface area (Å²) >= 11 is 6.17. The highest BCUT2D eigenvalue weighted by Crippen LogP contribution is 2.19. The summed E-state index contributed by atoms with van der Waals surface area (Å²) in [5, 5.41) is 3.03. The summed E-state index contributed by atoms with van der Waals surface area (Å²) in [5.41, 5.74) is 1.21. The number of halogens is 1. The van der Waals surface area contributed by atoms with Crippen LogP contribution in [0.3, 0.4) is 0 Å². The number of nitrogens with zero attached hydrogens (tertiary/aromatic N) is 3. The number of anilines is 1. The molecule has 2 heterocycles. The first kappa shape index (κ1) is 14.3. The molecule has 2 aromatic heterocycles. The van der Waals surface area contributed by atoms with Crippen molar-refractivity contribution >= 4 is 23.4 Å². The largest absolute Gasteiger partial charge is 0.450 e. The van der Waals surface area contributed by atoms with Crippen LogP contribution in [-0.2, 0) is 11.3 Å². The summed E-state index contributed by atoms with van der Waals surface area (Å²) in [6.45, 7) is 4.49. The molecule has 0 aliphatic rings. The van der Waals surface area contributed by atoms with Crippen LogP contribution in [0.5, 0.6) is 0 Å². The lowest BCUT2D eigenvalue weighted by Crippen LogP contribution is -2.14. The van der Waals surface area contributed by atoms with E-state index in [9.17, 15) is 4.79 Å². The SMILES string of the molecule is CCOC(=O)Nc1cnc(Cn2ccnc2C)c(Cl)c1. The van der Waals surface area contributed by atoms with Gasteiger partial charge in [0.05, 0.1) is 35.8 Å². The Hall–Kier alpha value is -2.08. The molecule has 0 aliphatic heterocycles. The summed E-state index contributed by atoms with van der Waals surface area (Å²) in [7, 11) is 0. The Balaban J connectivity index is 2.10. The predicted octanol–water partition coefficient (Wildman–Crippen LogP) is 2.86. The number of hydrogen-bond donors (Lipinski definition) is 1. The third-order valence-electron chi connectivity index (χ3n) is 2.68. The van der Waals surface area contributed by atoms with Gasteiger partial charge in [0.25, 0.3) is 0 Å². The highest BCUT2D eigenvalue weighted by atomic mass is 35.5. The van der Waals surface area contributed by atoms with Gasteiger partial charge in [-0.15, -0.1) is 0 Å². The minimum Gasteiger partial charge on any atom is -0.450 e. The fourth-order valence-corrected chi connectivity index (χ4v) is 1.89. The highest BCUT2D eigenvalue weighted by Gasteiger charge is 2.08. The van der Waals surface area contributed by atoms with Crippen LogP contribution >= 0.6 is 11.6 Å². The van der Waals surface area contributed by atoms with Crippen molar-refractivity contribution in [2.24, 2.45) is 0 Å². The molecule has 0 aliphatic carbocycles. The smallest absolute Gasteiger partial charge is 0.411 e. The zero-order valence-electron chi connectivity index (χ0n) is 11.3. The van der Waals surface area contributed by atoms with E-state index in [1.54, 1.807) is 25.4 Å². The van der Waals surface area contributed by atoms with Crippen LogP contribution in [0.25, 0.3) is 0 Å². The van der Waals surface area contributed by atoms with Crippen LogP contribution in [0.1, 0.15) is 18.4 Å². The van der Waals surface area contributed by atoms with E-state index in [4.69, 9.17) is 16.3 Å². The number of aromatic nitrogens is 3.